The zero-order valence-electron chi connectivity index (χ0n) is 11.9. The summed E-state index contributed by atoms with van der Waals surface area (Å²) in [5.41, 5.74) is 0. The van der Waals surface area contributed by atoms with Gasteiger partial charge in [-0.1, -0.05) is 12.8 Å². The van der Waals surface area contributed by atoms with Gasteiger partial charge < -0.3 is 14.2 Å². The second-order valence-corrected chi connectivity index (χ2v) is 4.97. The van der Waals surface area contributed by atoms with E-state index in [1.165, 1.54) is 25.7 Å². The fourth-order valence-electron chi connectivity index (χ4n) is 2.17. The SMILES string of the molecule is N#CCCOCCCCCCOCCC1CCCO1. The Hall–Kier alpha value is -0.630. The molecule has 1 saturated heterocycles. The maximum atomic E-state index is 8.33. The van der Waals surface area contributed by atoms with Gasteiger partial charge in [0.25, 0.3) is 0 Å². The molecule has 0 N–H and O–H groups in total. The van der Waals surface area contributed by atoms with Crippen molar-refractivity contribution in [2.24, 2.45) is 0 Å². The van der Waals surface area contributed by atoms with Crippen LogP contribution in [0.25, 0.3) is 0 Å². The Morgan fingerprint density at radius 2 is 1.74 bits per heavy atom. The molecule has 0 aliphatic carbocycles. The van der Waals surface area contributed by atoms with Crippen molar-refractivity contribution < 1.29 is 14.2 Å². The van der Waals surface area contributed by atoms with E-state index >= 15 is 0 Å². The largest absolute Gasteiger partial charge is 0.381 e. The molecule has 0 aromatic heterocycles. The van der Waals surface area contributed by atoms with Crippen molar-refractivity contribution in [1.82, 2.24) is 0 Å². The van der Waals surface area contributed by atoms with Crippen molar-refractivity contribution in [2.45, 2.75) is 57.5 Å². The molecular weight excluding hydrogens is 242 g/mol. The van der Waals surface area contributed by atoms with Crippen molar-refractivity contribution in [3.63, 3.8) is 0 Å². The molecule has 0 aromatic carbocycles. The van der Waals surface area contributed by atoms with Gasteiger partial charge in [0.15, 0.2) is 0 Å². The van der Waals surface area contributed by atoms with E-state index in [9.17, 15) is 0 Å². The van der Waals surface area contributed by atoms with E-state index in [1.807, 2.05) is 0 Å². The summed E-state index contributed by atoms with van der Waals surface area (Å²) in [6.45, 7) is 3.98. The second-order valence-electron chi connectivity index (χ2n) is 4.97. The number of hydrogen-bond acceptors (Lipinski definition) is 4. The van der Waals surface area contributed by atoms with E-state index < -0.39 is 0 Å². The Bertz CT molecular complexity index is 234. The third-order valence-corrected chi connectivity index (χ3v) is 3.29. The van der Waals surface area contributed by atoms with Crippen LogP contribution in [0.4, 0.5) is 0 Å². The summed E-state index contributed by atoms with van der Waals surface area (Å²) in [5, 5.41) is 8.33. The van der Waals surface area contributed by atoms with E-state index in [1.54, 1.807) is 0 Å². The van der Waals surface area contributed by atoms with Crippen molar-refractivity contribution in [1.29, 1.82) is 5.26 Å². The minimum Gasteiger partial charge on any atom is -0.381 e. The van der Waals surface area contributed by atoms with Gasteiger partial charge >= 0.3 is 0 Å². The van der Waals surface area contributed by atoms with Gasteiger partial charge in [0.05, 0.1) is 25.2 Å². The number of rotatable bonds is 12. The molecule has 4 heteroatoms. The molecule has 1 heterocycles. The van der Waals surface area contributed by atoms with Crippen LogP contribution in [0.3, 0.4) is 0 Å². The highest BCUT2D eigenvalue weighted by atomic mass is 16.5. The van der Waals surface area contributed by atoms with Crippen LogP contribution >= 0.6 is 0 Å². The first-order chi connectivity index (χ1) is 9.43. The van der Waals surface area contributed by atoms with Crippen LogP contribution in [0.2, 0.25) is 0 Å². The normalized spacial score (nSPS) is 18.6. The van der Waals surface area contributed by atoms with Crippen molar-refractivity contribution in [3.05, 3.63) is 0 Å². The molecule has 1 fully saturated rings. The highest BCUT2D eigenvalue weighted by molar-refractivity contribution is 4.67. The lowest BCUT2D eigenvalue weighted by Gasteiger charge is -2.09. The predicted octanol–water partition coefficient (Wildman–Crippen LogP) is 3.06. The Morgan fingerprint density at radius 3 is 2.37 bits per heavy atom. The van der Waals surface area contributed by atoms with E-state index in [2.05, 4.69) is 6.07 Å². The maximum Gasteiger partial charge on any atom is 0.0645 e. The molecule has 1 rings (SSSR count). The summed E-state index contributed by atoms with van der Waals surface area (Å²) in [7, 11) is 0. The van der Waals surface area contributed by atoms with Gasteiger partial charge in [-0.05, 0) is 32.1 Å². The molecule has 0 radical (unpaired) electrons. The summed E-state index contributed by atoms with van der Waals surface area (Å²) in [6.07, 6.45) is 9.00. The fourth-order valence-corrected chi connectivity index (χ4v) is 2.17. The number of nitriles is 1. The first kappa shape index (κ1) is 16.4. The van der Waals surface area contributed by atoms with Crippen molar-refractivity contribution >= 4 is 0 Å². The summed E-state index contributed by atoms with van der Waals surface area (Å²) in [6, 6.07) is 2.07. The first-order valence-corrected chi connectivity index (χ1v) is 7.57. The Labute approximate surface area is 117 Å². The van der Waals surface area contributed by atoms with E-state index in [-0.39, 0.29) is 0 Å². The molecule has 19 heavy (non-hydrogen) atoms. The molecule has 110 valence electrons. The molecule has 0 bridgehead atoms. The van der Waals surface area contributed by atoms with Crippen LogP contribution in [0.1, 0.15) is 51.4 Å². The molecule has 1 atom stereocenters. The van der Waals surface area contributed by atoms with E-state index in [4.69, 9.17) is 19.5 Å². The third-order valence-electron chi connectivity index (χ3n) is 3.29. The first-order valence-electron chi connectivity index (χ1n) is 7.57. The quantitative estimate of drug-likeness (QED) is 0.511. The van der Waals surface area contributed by atoms with Gasteiger partial charge in [0.2, 0.25) is 0 Å². The molecule has 1 aliphatic heterocycles. The molecule has 0 spiro atoms. The topological polar surface area (TPSA) is 51.5 Å². The minimum atomic E-state index is 0.450. The highest BCUT2D eigenvalue weighted by Gasteiger charge is 2.14. The Morgan fingerprint density at radius 1 is 1.00 bits per heavy atom. The third kappa shape index (κ3) is 9.89. The molecule has 0 aromatic rings. The highest BCUT2D eigenvalue weighted by Crippen LogP contribution is 2.15. The monoisotopic (exact) mass is 269 g/mol. The Kier molecular flexibility index (Phi) is 10.7. The van der Waals surface area contributed by atoms with Crippen LogP contribution in [-0.4, -0.2) is 39.1 Å². The second kappa shape index (κ2) is 12.4. The van der Waals surface area contributed by atoms with Crippen LogP contribution in [0.5, 0.6) is 0 Å². The number of nitrogens with zero attached hydrogens (tertiary/aromatic N) is 1. The molecule has 4 nitrogen and oxygen atoms in total. The lowest BCUT2D eigenvalue weighted by Crippen LogP contribution is -2.09. The fraction of sp³-hybridized carbons (Fsp3) is 0.933. The Balaban J connectivity index is 1.68. The maximum absolute atomic E-state index is 8.33. The predicted molar refractivity (Wildman–Crippen MR) is 73.9 cm³/mol. The van der Waals surface area contributed by atoms with E-state index in [0.29, 0.717) is 19.1 Å². The van der Waals surface area contributed by atoms with Gasteiger partial charge in [-0.25, -0.2) is 0 Å². The summed E-state index contributed by atoms with van der Waals surface area (Å²) in [5.74, 6) is 0. The summed E-state index contributed by atoms with van der Waals surface area (Å²) < 4.78 is 16.5. The summed E-state index contributed by atoms with van der Waals surface area (Å²) in [4.78, 5) is 0. The standard InChI is InChI=1S/C15H27NO3/c16-9-6-12-17-10-3-1-2-4-11-18-14-8-15-7-5-13-19-15/h15H,1-8,10-14H2. The number of ether oxygens (including phenoxy) is 3. The smallest absolute Gasteiger partial charge is 0.0645 e. The molecule has 0 saturated carbocycles. The van der Waals surface area contributed by atoms with Gasteiger partial charge in [-0.3, -0.25) is 0 Å². The van der Waals surface area contributed by atoms with Gasteiger partial charge in [0.1, 0.15) is 0 Å². The molecule has 1 unspecified atom stereocenters. The molecular formula is C15H27NO3. The zero-order chi connectivity index (χ0) is 13.6. The van der Waals surface area contributed by atoms with Crippen molar-refractivity contribution in [3.8, 4) is 6.07 Å². The summed E-state index contributed by atoms with van der Waals surface area (Å²) >= 11 is 0. The average molecular weight is 269 g/mol. The lowest BCUT2D eigenvalue weighted by atomic mass is 10.2. The lowest BCUT2D eigenvalue weighted by molar-refractivity contribution is 0.0579. The molecule has 0 amide bonds. The van der Waals surface area contributed by atoms with Crippen LogP contribution < -0.4 is 0 Å². The van der Waals surface area contributed by atoms with Crippen LogP contribution in [0, 0.1) is 11.3 Å². The van der Waals surface area contributed by atoms with E-state index in [0.717, 1.165) is 45.7 Å². The van der Waals surface area contributed by atoms with Crippen LogP contribution in [-0.2, 0) is 14.2 Å². The molecule has 1 aliphatic rings. The number of unbranched alkanes of at least 4 members (excludes halogenated alkanes) is 3. The van der Waals surface area contributed by atoms with Gasteiger partial charge in [-0.15, -0.1) is 0 Å². The average Bonchev–Trinajstić information content (AvgIpc) is 2.93. The number of hydrogen-bond donors (Lipinski definition) is 0. The zero-order valence-corrected chi connectivity index (χ0v) is 11.9. The van der Waals surface area contributed by atoms with Crippen molar-refractivity contribution in [2.75, 3.05) is 33.0 Å². The minimum absolute atomic E-state index is 0.450. The van der Waals surface area contributed by atoms with Crippen LogP contribution in [0.15, 0.2) is 0 Å². The van der Waals surface area contributed by atoms with Gasteiger partial charge in [0, 0.05) is 26.4 Å². The van der Waals surface area contributed by atoms with Gasteiger partial charge in [-0.2, -0.15) is 5.26 Å².